The summed E-state index contributed by atoms with van der Waals surface area (Å²) in [6.07, 6.45) is 0.411. The highest BCUT2D eigenvalue weighted by Crippen LogP contribution is 2.14. The van der Waals surface area contributed by atoms with Crippen molar-refractivity contribution in [1.82, 2.24) is 10.2 Å². The van der Waals surface area contributed by atoms with Crippen molar-refractivity contribution in [2.45, 2.75) is 26.4 Å². The number of thiocarbonyl (C=S) groups is 1. The van der Waals surface area contributed by atoms with Crippen LogP contribution in [0.3, 0.4) is 0 Å². The quantitative estimate of drug-likeness (QED) is 0.730. The molecule has 0 aromatic heterocycles. The molecule has 0 aliphatic heterocycles. The summed E-state index contributed by atoms with van der Waals surface area (Å²) in [6.45, 7) is 3.88. The topological polar surface area (TPSA) is 70.7 Å². The summed E-state index contributed by atoms with van der Waals surface area (Å²) >= 11 is 5.20. The number of hydrogen-bond acceptors (Lipinski definition) is 4. The van der Waals surface area contributed by atoms with Crippen molar-refractivity contribution in [3.63, 3.8) is 0 Å². The Kier molecular flexibility index (Phi) is 7.52. The number of ether oxygens (including phenoxy) is 1. The molecule has 2 amide bonds. The van der Waals surface area contributed by atoms with Crippen LogP contribution >= 0.6 is 12.2 Å². The average Bonchev–Trinajstić information content (AvgIpc) is 2.63. The molecule has 0 saturated carbocycles. The Labute approximate surface area is 170 Å². The monoisotopic (exact) mass is 399 g/mol. The van der Waals surface area contributed by atoms with Crippen molar-refractivity contribution in [3.05, 3.63) is 59.7 Å². The molecule has 0 spiro atoms. The number of rotatable bonds is 6. The zero-order valence-electron chi connectivity index (χ0n) is 16.5. The molecule has 0 saturated heterocycles. The van der Waals surface area contributed by atoms with Crippen molar-refractivity contribution in [3.8, 4) is 5.75 Å². The number of anilines is 1. The van der Waals surface area contributed by atoms with Gasteiger partial charge < -0.3 is 15.0 Å². The highest BCUT2D eigenvalue weighted by Gasteiger charge is 2.09. The minimum Gasteiger partial charge on any atom is -0.491 e. The first-order chi connectivity index (χ1) is 13.2. The fraction of sp³-hybridized carbons (Fsp3) is 0.286. The Morgan fingerprint density at radius 3 is 2.18 bits per heavy atom. The van der Waals surface area contributed by atoms with Crippen LogP contribution in [0.1, 0.15) is 29.8 Å². The first-order valence-corrected chi connectivity index (χ1v) is 9.33. The lowest BCUT2D eigenvalue weighted by atomic mass is 10.1. The number of carbonyl (C=O) groups is 2. The molecule has 0 heterocycles. The zero-order chi connectivity index (χ0) is 20.7. The van der Waals surface area contributed by atoms with Crippen LogP contribution in [-0.4, -0.2) is 42.0 Å². The maximum Gasteiger partial charge on any atom is 0.257 e. The first-order valence-electron chi connectivity index (χ1n) is 8.92. The largest absolute Gasteiger partial charge is 0.491 e. The summed E-state index contributed by atoms with van der Waals surface area (Å²) in [5.41, 5.74) is 2.12. The molecule has 6 nitrogen and oxygen atoms in total. The fourth-order valence-corrected chi connectivity index (χ4v) is 2.54. The fourth-order valence-electron chi connectivity index (χ4n) is 2.33. The molecule has 0 fully saturated rings. The van der Waals surface area contributed by atoms with Crippen LogP contribution in [-0.2, 0) is 11.2 Å². The van der Waals surface area contributed by atoms with Gasteiger partial charge >= 0.3 is 0 Å². The van der Waals surface area contributed by atoms with Gasteiger partial charge in [0.1, 0.15) is 5.75 Å². The van der Waals surface area contributed by atoms with Gasteiger partial charge in [0.05, 0.1) is 12.5 Å². The van der Waals surface area contributed by atoms with Gasteiger partial charge in [0.2, 0.25) is 5.91 Å². The first kappa shape index (κ1) is 21.4. The van der Waals surface area contributed by atoms with Crippen molar-refractivity contribution in [2.24, 2.45) is 0 Å². The van der Waals surface area contributed by atoms with Gasteiger partial charge in [-0.25, -0.2) is 0 Å². The van der Waals surface area contributed by atoms with E-state index in [1.54, 1.807) is 43.3 Å². The number of nitrogens with one attached hydrogen (secondary N) is 2. The molecule has 2 aromatic carbocycles. The molecule has 2 N–H and O–H groups in total. The Morgan fingerprint density at radius 1 is 1.04 bits per heavy atom. The van der Waals surface area contributed by atoms with E-state index in [4.69, 9.17) is 17.0 Å². The standard InChI is InChI=1S/C21H25N3O3S/c1-14(2)27-18-11-7-16(8-12-18)20(26)23-21(28)22-17-9-5-15(6-10-17)13-19(25)24(3)4/h5-12,14H,13H2,1-4H3,(H2,22,23,26,28). The molecule has 148 valence electrons. The molecular weight excluding hydrogens is 374 g/mol. The summed E-state index contributed by atoms with van der Waals surface area (Å²) in [6, 6.07) is 14.2. The predicted molar refractivity (Wildman–Crippen MR) is 115 cm³/mol. The number of carbonyl (C=O) groups excluding carboxylic acids is 2. The summed E-state index contributed by atoms with van der Waals surface area (Å²) in [7, 11) is 3.45. The summed E-state index contributed by atoms with van der Waals surface area (Å²) < 4.78 is 5.56. The molecule has 0 radical (unpaired) electrons. The number of nitrogens with zero attached hydrogens (tertiary/aromatic N) is 1. The summed E-state index contributed by atoms with van der Waals surface area (Å²) in [5, 5.41) is 5.81. The Balaban J connectivity index is 1.89. The molecule has 2 rings (SSSR count). The molecule has 0 aliphatic carbocycles. The van der Waals surface area contributed by atoms with E-state index in [-0.39, 0.29) is 23.0 Å². The molecule has 2 aromatic rings. The Hall–Kier alpha value is -2.93. The molecule has 0 unspecified atom stereocenters. The third kappa shape index (κ3) is 6.66. The lowest BCUT2D eigenvalue weighted by molar-refractivity contribution is -0.127. The smallest absolute Gasteiger partial charge is 0.257 e. The molecule has 0 atom stereocenters. The van der Waals surface area contributed by atoms with Crippen molar-refractivity contribution in [2.75, 3.05) is 19.4 Å². The van der Waals surface area contributed by atoms with Gasteiger partial charge in [0, 0.05) is 25.3 Å². The van der Waals surface area contributed by atoms with Crippen molar-refractivity contribution in [1.29, 1.82) is 0 Å². The highest BCUT2D eigenvalue weighted by molar-refractivity contribution is 7.80. The maximum absolute atomic E-state index is 12.3. The van der Waals surface area contributed by atoms with Crippen LogP contribution in [0.2, 0.25) is 0 Å². The van der Waals surface area contributed by atoms with E-state index in [0.717, 1.165) is 11.3 Å². The van der Waals surface area contributed by atoms with Gasteiger partial charge in [-0.1, -0.05) is 12.1 Å². The van der Waals surface area contributed by atoms with E-state index in [9.17, 15) is 9.59 Å². The third-order valence-electron chi connectivity index (χ3n) is 3.78. The van der Waals surface area contributed by atoms with E-state index in [1.165, 1.54) is 0 Å². The second kappa shape index (κ2) is 9.85. The Morgan fingerprint density at radius 2 is 1.64 bits per heavy atom. The van der Waals surface area contributed by atoms with Gasteiger partial charge in [-0.3, -0.25) is 14.9 Å². The molecular formula is C21H25N3O3S. The number of amides is 2. The third-order valence-corrected chi connectivity index (χ3v) is 3.99. The van der Waals surface area contributed by atoms with Crippen LogP contribution in [0.15, 0.2) is 48.5 Å². The van der Waals surface area contributed by atoms with Crippen LogP contribution in [0.5, 0.6) is 5.75 Å². The summed E-state index contributed by atoms with van der Waals surface area (Å²) in [4.78, 5) is 25.6. The second-order valence-corrected chi connectivity index (χ2v) is 7.17. The van der Waals surface area contributed by atoms with Crippen LogP contribution in [0, 0.1) is 0 Å². The zero-order valence-corrected chi connectivity index (χ0v) is 17.3. The molecule has 0 aliphatic rings. The average molecular weight is 400 g/mol. The van der Waals surface area contributed by atoms with E-state index in [1.807, 2.05) is 38.1 Å². The van der Waals surface area contributed by atoms with Crippen LogP contribution in [0.4, 0.5) is 5.69 Å². The van der Waals surface area contributed by atoms with Crippen molar-refractivity contribution >= 4 is 34.8 Å². The predicted octanol–water partition coefficient (Wildman–Crippen LogP) is 3.23. The molecule has 7 heteroatoms. The van der Waals surface area contributed by atoms with Crippen LogP contribution < -0.4 is 15.4 Å². The minimum absolute atomic E-state index is 0.0355. The van der Waals surface area contributed by atoms with E-state index in [2.05, 4.69) is 10.6 Å². The lowest BCUT2D eigenvalue weighted by Gasteiger charge is -2.12. The van der Waals surface area contributed by atoms with Gasteiger partial charge in [-0.05, 0) is 68.0 Å². The highest BCUT2D eigenvalue weighted by atomic mass is 32.1. The van der Waals surface area contributed by atoms with E-state index in [0.29, 0.717) is 17.7 Å². The van der Waals surface area contributed by atoms with Gasteiger partial charge in [0.15, 0.2) is 5.11 Å². The van der Waals surface area contributed by atoms with Crippen molar-refractivity contribution < 1.29 is 14.3 Å². The molecule has 0 bridgehead atoms. The summed E-state index contributed by atoms with van der Waals surface area (Å²) in [5.74, 6) is 0.440. The van der Waals surface area contributed by atoms with Gasteiger partial charge in [-0.15, -0.1) is 0 Å². The lowest BCUT2D eigenvalue weighted by Crippen LogP contribution is -2.34. The number of likely N-dealkylation sites (N-methyl/N-ethyl adjacent to an activating group) is 1. The number of hydrogen-bond donors (Lipinski definition) is 2. The van der Waals surface area contributed by atoms with E-state index < -0.39 is 0 Å². The normalized spacial score (nSPS) is 10.3. The van der Waals surface area contributed by atoms with Crippen LogP contribution in [0.25, 0.3) is 0 Å². The second-order valence-electron chi connectivity index (χ2n) is 6.76. The minimum atomic E-state index is -0.304. The Bertz CT molecular complexity index is 831. The maximum atomic E-state index is 12.3. The van der Waals surface area contributed by atoms with Gasteiger partial charge in [0.25, 0.3) is 5.91 Å². The number of benzene rings is 2. The van der Waals surface area contributed by atoms with E-state index >= 15 is 0 Å². The molecule has 28 heavy (non-hydrogen) atoms. The SMILES string of the molecule is CC(C)Oc1ccc(C(=O)NC(=S)Nc2ccc(CC(=O)N(C)C)cc2)cc1. The van der Waals surface area contributed by atoms with Gasteiger partial charge in [-0.2, -0.15) is 0 Å².